The van der Waals surface area contributed by atoms with Crippen LogP contribution in [-0.2, 0) is 9.47 Å². The van der Waals surface area contributed by atoms with Crippen LogP contribution in [0.2, 0.25) is 0 Å². The monoisotopic (exact) mass is 354 g/mol. The molecule has 0 bridgehead atoms. The van der Waals surface area contributed by atoms with E-state index in [1.807, 2.05) is 0 Å². The number of anilines is 2. The second-order valence-electron chi connectivity index (χ2n) is 6.49. The predicted molar refractivity (Wildman–Crippen MR) is 98.4 cm³/mol. The molecule has 136 valence electrons. The van der Waals surface area contributed by atoms with E-state index in [-0.39, 0.29) is 0 Å². The van der Waals surface area contributed by atoms with Crippen molar-refractivity contribution in [3.05, 3.63) is 59.7 Å². The van der Waals surface area contributed by atoms with Crippen LogP contribution >= 0.6 is 0 Å². The second-order valence-corrected chi connectivity index (χ2v) is 6.49. The summed E-state index contributed by atoms with van der Waals surface area (Å²) in [6.07, 6.45) is 3.62. The van der Waals surface area contributed by atoms with E-state index in [4.69, 9.17) is 20.9 Å². The van der Waals surface area contributed by atoms with Gasteiger partial charge in [-0.2, -0.15) is 0 Å². The molecular weight excluding hydrogens is 332 g/mol. The highest BCUT2D eigenvalue weighted by molar-refractivity contribution is 5.91. The summed E-state index contributed by atoms with van der Waals surface area (Å²) in [5.41, 5.74) is 13.1. The number of hydrogen-bond acceptors (Lipinski definition) is 6. The number of carbonyl (C=O) groups excluding carboxylic acids is 2. The Morgan fingerprint density at radius 1 is 0.692 bits per heavy atom. The number of hydrogen-bond donors (Lipinski definition) is 2. The van der Waals surface area contributed by atoms with Crippen LogP contribution in [0.15, 0.2) is 48.5 Å². The Labute approximate surface area is 152 Å². The predicted octanol–water partition coefficient (Wildman–Crippen LogP) is 3.53. The smallest absolute Gasteiger partial charge is 0.341 e. The quantitative estimate of drug-likeness (QED) is 0.494. The zero-order valence-electron chi connectivity index (χ0n) is 14.4. The molecule has 4 N–H and O–H groups in total. The molecule has 6 heteroatoms. The maximum absolute atomic E-state index is 12.5. The fourth-order valence-electron chi connectivity index (χ4n) is 3.01. The van der Waals surface area contributed by atoms with Crippen LogP contribution in [0.5, 0.6) is 0 Å². The zero-order valence-corrected chi connectivity index (χ0v) is 14.4. The van der Waals surface area contributed by atoms with Gasteiger partial charge in [-0.05, 0) is 61.4 Å². The van der Waals surface area contributed by atoms with Crippen molar-refractivity contribution in [2.75, 3.05) is 11.5 Å². The van der Waals surface area contributed by atoms with E-state index in [0.29, 0.717) is 35.3 Å². The van der Waals surface area contributed by atoms with Crippen LogP contribution in [0.25, 0.3) is 0 Å². The van der Waals surface area contributed by atoms with Crippen molar-refractivity contribution < 1.29 is 19.1 Å². The fourth-order valence-corrected chi connectivity index (χ4v) is 3.01. The third kappa shape index (κ3) is 4.14. The third-order valence-corrected chi connectivity index (χ3v) is 4.47. The molecule has 0 aliphatic heterocycles. The average Bonchev–Trinajstić information content (AvgIpc) is 2.63. The SMILES string of the molecule is Nc1ccc(C(=O)OC2(OC(=O)c3ccc(N)cc3)CCCCC2)cc1. The van der Waals surface area contributed by atoms with Gasteiger partial charge in [0.05, 0.1) is 11.1 Å². The maximum atomic E-state index is 12.5. The van der Waals surface area contributed by atoms with E-state index in [2.05, 4.69) is 0 Å². The molecule has 0 unspecified atom stereocenters. The maximum Gasteiger partial charge on any atom is 0.341 e. The molecule has 2 aromatic carbocycles. The summed E-state index contributed by atoms with van der Waals surface area (Å²) in [6, 6.07) is 12.9. The Hall–Kier alpha value is -3.02. The van der Waals surface area contributed by atoms with Gasteiger partial charge < -0.3 is 20.9 Å². The lowest BCUT2D eigenvalue weighted by molar-refractivity contribution is -0.186. The van der Waals surface area contributed by atoms with Gasteiger partial charge in [0.2, 0.25) is 0 Å². The van der Waals surface area contributed by atoms with Crippen molar-refractivity contribution in [1.82, 2.24) is 0 Å². The molecule has 6 nitrogen and oxygen atoms in total. The summed E-state index contributed by atoms with van der Waals surface area (Å²) in [4.78, 5) is 25.0. The second kappa shape index (κ2) is 7.47. The molecule has 1 saturated carbocycles. The van der Waals surface area contributed by atoms with Gasteiger partial charge in [-0.15, -0.1) is 0 Å². The molecule has 0 aromatic heterocycles. The minimum atomic E-state index is -1.24. The fraction of sp³-hybridized carbons (Fsp3) is 0.300. The van der Waals surface area contributed by atoms with Crippen molar-refractivity contribution in [1.29, 1.82) is 0 Å². The standard InChI is InChI=1S/C20H22N2O4/c21-16-8-4-14(5-9-16)18(23)25-20(12-2-1-3-13-20)26-19(24)15-6-10-17(22)11-7-15/h4-11H,1-3,12-13,21-22H2. The van der Waals surface area contributed by atoms with Crippen LogP contribution in [0.1, 0.15) is 52.8 Å². The summed E-state index contributed by atoms with van der Waals surface area (Å²) in [5, 5.41) is 0. The number of carbonyl (C=O) groups is 2. The van der Waals surface area contributed by atoms with Crippen LogP contribution in [0.3, 0.4) is 0 Å². The molecule has 0 spiro atoms. The summed E-state index contributed by atoms with van der Waals surface area (Å²) < 4.78 is 11.3. The minimum Gasteiger partial charge on any atom is -0.419 e. The van der Waals surface area contributed by atoms with Crippen LogP contribution < -0.4 is 11.5 Å². The van der Waals surface area contributed by atoms with Crippen molar-refractivity contribution in [2.24, 2.45) is 0 Å². The van der Waals surface area contributed by atoms with Gasteiger partial charge in [0.15, 0.2) is 0 Å². The van der Waals surface area contributed by atoms with Crippen LogP contribution in [0, 0.1) is 0 Å². The van der Waals surface area contributed by atoms with Crippen molar-refractivity contribution in [3.63, 3.8) is 0 Å². The largest absolute Gasteiger partial charge is 0.419 e. The van der Waals surface area contributed by atoms with Crippen molar-refractivity contribution >= 4 is 23.3 Å². The highest BCUT2D eigenvalue weighted by atomic mass is 16.7. The molecular formula is C20H22N2O4. The molecule has 2 aromatic rings. The molecule has 26 heavy (non-hydrogen) atoms. The van der Waals surface area contributed by atoms with Gasteiger partial charge in [-0.25, -0.2) is 9.59 Å². The summed E-state index contributed by atoms with van der Waals surface area (Å²) >= 11 is 0. The average molecular weight is 354 g/mol. The highest BCUT2D eigenvalue weighted by Crippen LogP contribution is 2.34. The van der Waals surface area contributed by atoms with Crippen molar-refractivity contribution in [2.45, 2.75) is 37.9 Å². The van der Waals surface area contributed by atoms with Crippen molar-refractivity contribution in [3.8, 4) is 0 Å². The number of nitrogen functional groups attached to an aromatic ring is 2. The van der Waals surface area contributed by atoms with E-state index in [1.54, 1.807) is 48.5 Å². The number of benzene rings is 2. The zero-order chi connectivity index (χ0) is 18.6. The Bertz CT molecular complexity index is 717. The van der Waals surface area contributed by atoms with E-state index in [0.717, 1.165) is 19.3 Å². The first kappa shape index (κ1) is 17.8. The number of esters is 2. The topological polar surface area (TPSA) is 105 Å². The van der Waals surface area contributed by atoms with Gasteiger partial charge in [-0.3, -0.25) is 0 Å². The number of nitrogens with two attached hydrogens (primary N) is 2. The minimum absolute atomic E-state index is 0.368. The summed E-state index contributed by atoms with van der Waals surface area (Å²) in [6.45, 7) is 0. The molecule has 1 fully saturated rings. The van der Waals surface area contributed by atoms with E-state index >= 15 is 0 Å². The van der Waals surface area contributed by atoms with Gasteiger partial charge in [0.25, 0.3) is 5.79 Å². The van der Waals surface area contributed by atoms with Gasteiger partial charge >= 0.3 is 11.9 Å². The number of ether oxygens (including phenoxy) is 2. The summed E-state index contributed by atoms with van der Waals surface area (Å²) in [5.74, 6) is -2.30. The first-order valence-electron chi connectivity index (χ1n) is 8.65. The van der Waals surface area contributed by atoms with E-state index in [9.17, 15) is 9.59 Å². The molecule has 0 atom stereocenters. The Balaban J connectivity index is 1.77. The first-order chi connectivity index (χ1) is 12.5. The molecule has 1 aliphatic rings. The van der Waals surface area contributed by atoms with Crippen LogP contribution in [0.4, 0.5) is 11.4 Å². The van der Waals surface area contributed by atoms with E-state index < -0.39 is 17.7 Å². The molecule has 0 radical (unpaired) electrons. The Morgan fingerprint density at radius 2 is 1.08 bits per heavy atom. The molecule has 3 rings (SSSR count). The lowest BCUT2D eigenvalue weighted by Crippen LogP contribution is -2.42. The third-order valence-electron chi connectivity index (χ3n) is 4.47. The molecule has 0 heterocycles. The lowest BCUT2D eigenvalue weighted by Gasteiger charge is -2.35. The van der Waals surface area contributed by atoms with Crippen LogP contribution in [-0.4, -0.2) is 17.7 Å². The normalized spacial score (nSPS) is 15.8. The molecule has 0 saturated heterocycles. The first-order valence-corrected chi connectivity index (χ1v) is 8.65. The van der Waals surface area contributed by atoms with Gasteiger partial charge in [0, 0.05) is 24.2 Å². The Kier molecular flexibility index (Phi) is 5.11. The van der Waals surface area contributed by atoms with Gasteiger partial charge in [-0.1, -0.05) is 6.42 Å². The van der Waals surface area contributed by atoms with Gasteiger partial charge in [0.1, 0.15) is 0 Å². The highest BCUT2D eigenvalue weighted by Gasteiger charge is 2.40. The summed E-state index contributed by atoms with van der Waals surface area (Å²) in [7, 11) is 0. The molecule has 1 aliphatic carbocycles. The Morgan fingerprint density at radius 3 is 1.46 bits per heavy atom. The number of rotatable bonds is 4. The molecule has 0 amide bonds. The lowest BCUT2D eigenvalue weighted by atomic mass is 9.93. The van der Waals surface area contributed by atoms with E-state index in [1.165, 1.54) is 0 Å².